The van der Waals surface area contributed by atoms with Crippen LogP contribution in [0.15, 0.2) is 0 Å². The summed E-state index contributed by atoms with van der Waals surface area (Å²) in [6.07, 6.45) is 9.11. The summed E-state index contributed by atoms with van der Waals surface area (Å²) in [4.78, 5) is 13.8. The van der Waals surface area contributed by atoms with Crippen molar-refractivity contribution in [3.8, 4) is 0 Å². The molecule has 17 heavy (non-hydrogen) atoms. The Balaban J connectivity index is 1.93. The van der Waals surface area contributed by atoms with Gasteiger partial charge >= 0.3 is 0 Å². The predicted molar refractivity (Wildman–Crippen MR) is 68.4 cm³/mol. The van der Waals surface area contributed by atoms with Gasteiger partial charge in [0.15, 0.2) is 0 Å². The van der Waals surface area contributed by atoms with Gasteiger partial charge in [-0.1, -0.05) is 19.3 Å². The summed E-state index contributed by atoms with van der Waals surface area (Å²) in [7, 11) is 2.19. The number of hydrogen-bond donors (Lipinski definition) is 2. The molecule has 0 aromatic rings. The van der Waals surface area contributed by atoms with Crippen LogP contribution in [-0.2, 0) is 4.79 Å². The Kier molecular flexibility index (Phi) is 3.73. The molecule has 1 amide bonds. The van der Waals surface area contributed by atoms with Crippen LogP contribution in [0.4, 0.5) is 0 Å². The maximum atomic E-state index is 11.3. The number of nitrogens with zero attached hydrogens (tertiary/aromatic N) is 1. The third-order valence-electron chi connectivity index (χ3n) is 4.74. The lowest BCUT2D eigenvalue weighted by Gasteiger charge is -2.36. The van der Waals surface area contributed by atoms with Crippen LogP contribution in [0.5, 0.6) is 0 Å². The Morgan fingerprint density at radius 2 is 1.82 bits per heavy atom. The number of nitrogens with two attached hydrogens (primary N) is 2. The number of carbonyl (C=O) groups excluding carboxylic acids is 1. The zero-order valence-electron chi connectivity index (χ0n) is 10.8. The molecule has 4 nitrogen and oxygen atoms in total. The van der Waals surface area contributed by atoms with Crippen molar-refractivity contribution in [1.82, 2.24) is 4.90 Å². The molecule has 0 bridgehead atoms. The van der Waals surface area contributed by atoms with Crippen LogP contribution < -0.4 is 11.5 Å². The molecule has 2 aliphatic rings. The first kappa shape index (κ1) is 12.8. The van der Waals surface area contributed by atoms with E-state index in [0.29, 0.717) is 12.1 Å². The molecule has 0 radical (unpaired) electrons. The largest absolute Gasteiger partial charge is 0.368 e. The molecule has 2 atom stereocenters. The van der Waals surface area contributed by atoms with Crippen molar-refractivity contribution in [2.24, 2.45) is 11.5 Å². The highest BCUT2D eigenvalue weighted by Crippen LogP contribution is 2.33. The maximum absolute atomic E-state index is 11.3. The number of primary amides is 1. The molecule has 0 spiro atoms. The van der Waals surface area contributed by atoms with E-state index in [2.05, 4.69) is 11.9 Å². The van der Waals surface area contributed by atoms with E-state index < -0.39 is 5.54 Å². The van der Waals surface area contributed by atoms with E-state index in [-0.39, 0.29) is 5.91 Å². The minimum Gasteiger partial charge on any atom is -0.368 e. The molecule has 4 heteroatoms. The van der Waals surface area contributed by atoms with Crippen LogP contribution in [0.25, 0.3) is 0 Å². The fourth-order valence-electron chi connectivity index (χ4n) is 3.41. The standard InChI is InChI=1S/C13H25N3O/c1-16(10-5-3-2-4-6-10)11-7-8-13(15,9-11)12(14)17/h10-11H,2-9,15H2,1H3,(H2,14,17). The molecular formula is C13H25N3O. The Labute approximate surface area is 104 Å². The van der Waals surface area contributed by atoms with Crippen LogP contribution in [0, 0.1) is 0 Å². The fourth-order valence-corrected chi connectivity index (χ4v) is 3.41. The molecule has 0 heterocycles. The highest BCUT2D eigenvalue weighted by Gasteiger charge is 2.42. The monoisotopic (exact) mass is 239 g/mol. The van der Waals surface area contributed by atoms with Crippen molar-refractivity contribution >= 4 is 5.91 Å². The van der Waals surface area contributed by atoms with Gasteiger partial charge in [0, 0.05) is 12.1 Å². The lowest BCUT2D eigenvalue weighted by Crippen LogP contribution is -2.51. The second kappa shape index (κ2) is 4.94. The zero-order chi connectivity index (χ0) is 12.5. The van der Waals surface area contributed by atoms with Gasteiger partial charge in [0.1, 0.15) is 0 Å². The average molecular weight is 239 g/mol. The minimum absolute atomic E-state index is 0.336. The van der Waals surface area contributed by atoms with Gasteiger partial charge in [0.05, 0.1) is 5.54 Å². The van der Waals surface area contributed by atoms with Crippen LogP contribution in [0.2, 0.25) is 0 Å². The van der Waals surface area contributed by atoms with Crippen LogP contribution in [0.3, 0.4) is 0 Å². The topological polar surface area (TPSA) is 72.3 Å². The molecule has 2 rings (SSSR count). The molecule has 0 aliphatic heterocycles. The van der Waals surface area contributed by atoms with E-state index >= 15 is 0 Å². The number of rotatable bonds is 3. The van der Waals surface area contributed by atoms with E-state index in [1.54, 1.807) is 0 Å². The Morgan fingerprint density at radius 3 is 2.35 bits per heavy atom. The summed E-state index contributed by atoms with van der Waals surface area (Å²) in [5.41, 5.74) is 10.7. The summed E-state index contributed by atoms with van der Waals surface area (Å²) in [6, 6.07) is 1.12. The summed E-state index contributed by atoms with van der Waals surface area (Å²) < 4.78 is 0. The molecule has 2 unspecified atom stereocenters. The SMILES string of the molecule is CN(C1CCCCC1)C1CCC(N)(C(N)=O)C1. The second-order valence-corrected chi connectivity index (χ2v) is 5.87. The van der Waals surface area contributed by atoms with Gasteiger partial charge < -0.3 is 16.4 Å². The Hall–Kier alpha value is -0.610. The van der Waals surface area contributed by atoms with Crippen LogP contribution in [-0.4, -0.2) is 35.5 Å². The smallest absolute Gasteiger partial charge is 0.237 e. The highest BCUT2D eigenvalue weighted by molar-refractivity contribution is 5.84. The van der Waals surface area contributed by atoms with E-state index in [1.807, 2.05) is 0 Å². The lowest BCUT2D eigenvalue weighted by molar-refractivity contribution is -0.123. The fraction of sp³-hybridized carbons (Fsp3) is 0.923. The first-order valence-electron chi connectivity index (χ1n) is 6.84. The maximum Gasteiger partial charge on any atom is 0.237 e. The molecule has 2 fully saturated rings. The van der Waals surface area contributed by atoms with E-state index in [1.165, 1.54) is 32.1 Å². The van der Waals surface area contributed by atoms with Gasteiger partial charge in [-0.15, -0.1) is 0 Å². The van der Waals surface area contributed by atoms with E-state index in [9.17, 15) is 4.79 Å². The molecule has 98 valence electrons. The number of amides is 1. The van der Waals surface area contributed by atoms with Crippen molar-refractivity contribution in [1.29, 1.82) is 0 Å². The van der Waals surface area contributed by atoms with Crippen molar-refractivity contribution in [2.45, 2.75) is 69.0 Å². The summed E-state index contributed by atoms with van der Waals surface area (Å²) >= 11 is 0. The van der Waals surface area contributed by atoms with Crippen LogP contribution >= 0.6 is 0 Å². The Bertz CT molecular complexity index is 288. The number of hydrogen-bond acceptors (Lipinski definition) is 3. The van der Waals surface area contributed by atoms with Gasteiger partial charge in [-0.2, -0.15) is 0 Å². The van der Waals surface area contributed by atoms with Crippen molar-refractivity contribution in [3.63, 3.8) is 0 Å². The number of carbonyl (C=O) groups is 1. The summed E-state index contributed by atoms with van der Waals surface area (Å²) in [5, 5.41) is 0. The summed E-state index contributed by atoms with van der Waals surface area (Å²) in [5.74, 6) is -0.336. The molecule has 2 aliphatic carbocycles. The molecule has 0 saturated heterocycles. The molecule has 2 saturated carbocycles. The minimum atomic E-state index is -0.756. The molecule has 0 aromatic heterocycles. The van der Waals surface area contributed by atoms with Gasteiger partial charge in [-0.05, 0) is 39.2 Å². The first-order chi connectivity index (χ1) is 8.03. The third-order valence-corrected chi connectivity index (χ3v) is 4.74. The van der Waals surface area contributed by atoms with E-state index in [4.69, 9.17) is 11.5 Å². The van der Waals surface area contributed by atoms with Crippen molar-refractivity contribution < 1.29 is 4.79 Å². The zero-order valence-corrected chi connectivity index (χ0v) is 10.8. The van der Waals surface area contributed by atoms with Crippen LogP contribution in [0.1, 0.15) is 51.4 Å². The van der Waals surface area contributed by atoms with Gasteiger partial charge in [0.25, 0.3) is 0 Å². The molecule has 4 N–H and O–H groups in total. The molecular weight excluding hydrogens is 214 g/mol. The quantitative estimate of drug-likeness (QED) is 0.771. The Morgan fingerprint density at radius 1 is 1.18 bits per heavy atom. The van der Waals surface area contributed by atoms with Crippen molar-refractivity contribution in [2.75, 3.05) is 7.05 Å². The normalized spacial score (nSPS) is 35.4. The first-order valence-corrected chi connectivity index (χ1v) is 6.84. The summed E-state index contributed by atoms with van der Waals surface area (Å²) in [6.45, 7) is 0. The highest BCUT2D eigenvalue weighted by atomic mass is 16.1. The second-order valence-electron chi connectivity index (χ2n) is 5.87. The van der Waals surface area contributed by atoms with E-state index in [0.717, 1.165) is 19.3 Å². The molecule has 0 aromatic carbocycles. The lowest BCUT2D eigenvalue weighted by atomic mass is 9.92. The third kappa shape index (κ3) is 2.63. The predicted octanol–water partition coefficient (Wildman–Crippen LogP) is 0.986. The van der Waals surface area contributed by atoms with Gasteiger partial charge in [-0.25, -0.2) is 0 Å². The van der Waals surface area contributed by atoms with Gasteiger partial charge in [-0.3, -0.25) is 4.79 Å². The van der Waals surface area contributed by atoms with Gasteiger partial charge in [0.2, 0.25) is 5.91 Å². The van der Waals surface area contributed by atoms with Crippen molar-refractivity contribution in [3.05, 3.63) is 0 Å². The average Bonchev–Trinajstić information content (AvgIpc) is 2.74.